The van der Waals surface area contributed by atoms with E-state index < -0.39 is 0 Å². The number of hydrogen-bond donors (Lipinski definition) is 1. The van der Waals surface area contributed by atoms with Crippen molar-refractivity contribution in [3.63, 3.8) is 0 Å². The van der Waals surface area contributed by atoms with E-state index in [0.717, 1.165) is 9.46 Å². The van der Waals surface area contributed by atoms with Crippen molar-refractivity contribution in [2.45, 2.75) is 25.5 Å². The van der Waals surface area contributed by atoms with Crippen LogP contribution in [0.1, 0.15) is 19.4 Å². The topological polar surface area (TPSA) is 21.3 Å². The predicted molar refractivity (Wildman–Crippen MR) is 72.6 cm³/mol. The Balaban J connectivity index is 2.29. The van der Waals surface area contributed by atoms with Gasteiger partial charge in [-0.1, -0.05) is 40.3 Å². The van der Waals surface area contributed by atoms with Crippen LogP contribution in [0.2, 0.25) is 0 Å². The average molecular weight is 300 g/mol. The second-order valence-electron chi connectivity index (χ2n) is 4.28. The van der Waals surface area contributed by atoms with E-state index in [1.165, 1.54) is 5.56 Å². The summed E-state index contributed by atoms with van der Waals surface area (Å²) in [5.41, 5.74) is 0.948. The molecular weight excluding hydrogens is 286 g/mol. The predicted octanol–water partition coefficient (Wildman–Crippen LogP) is 3.00. The minimum Gasteiger partial charge on any atom is -0.369 e. The van der Waals surface area contributed by atoms with E-state index in [-0.39, 0.29) is 11.6 Å². The fourth-order valence-corrected chi connectivity index (χ4v) is 2.46. The van der Waals surface area contributed by atoms with Gasteiger partial charge >= 0.3 is 0 Å². The maximum absolute atomic E-state index is 5.68. The molecule has 16 heavy (non-hydrogen) atoms. The number of halogens is 1. The molecule has 2 rings (SSSR count). The molecule has 86 valence electrons. The Morgan fingerprint density at radius 3 is 2.94 bits per heavy atom. The van der Waals surface area contributed by atoms with Gasteiger partial charge < -0.3 is 10.1 Å². The van der Waals surface area contributed by atoms with Gasteiger partial charge in [0.25, 0.3) is 0 Å². The summed E-state index contributed by atoms with van der Waals surface area (Å²) in [5, 5.41) is 3.37. The summed E-state index contributed by atoms with van der Waals surface area (Å²) in [6.07, 6.45) is 0.00947. The van der Waals surface area contributed by atoms with Crippen LogP contribution in [-0.2, 0) is 10.3 Å². The van der Waals surface area contributed by atoms with Crippen molar-refractivity contribution in [1.29, 1.82) is 0 Å². The van der Waals surface area contributed by atoms with E-state index in [2.05, 4.69) is 40.3 Å². The van der Waals surface area contributed by atoms with Gasteiger partial charge in [-0.2, -0.15) is 0 Å². The van der Waals surface area contributed by atoms with Gasteiger partial charge in [-0.05, 0) is 31.5 Å². The van der Waals surface area contributed by atoms with E-state index in [1.54, 1.807) is 0 Å². The van der Waals surface area contributed by atoms with Gasteiger partial charge in [-0.3, -0.25) is 0 Å². The lowest BCUT2D eigenvalue weighted by Gasteiger charge is -2.39. The van der Waals surface area contributed by atoms with E-state index in [9.17, 15) is 0 Å². The van der Waals surface area contributed by atoms with Gasteiger partial charge in [0.15, 0.2) is 0 Å². The summed E-state index contributed by atoms with van der Waals surface area (Å²) in [7, 11) is 0. The van der Waals surface area contributed by atoms with Gasteiger partial charge in [0, 0.05) is 4.47 Å². The highest BCUT2D eigenvalue weighted by molar-refractivity contribution is 9.10. The third kappa shape index (κ3) is 2.29. The summed E-state index contributed by atoms with van der Waals surface area (Å²) < 4.78 is 6.75. The molecule has 0 aromatic heterocycles. The quantitative estimate of drug-likeness (QED) is 0.806. The molecule has 0 aliphatic carbocycles. The zero-order chi connectivity index (χ0) is 11.8. The van der Waals surface area contributed by atoms with Crippen LogP contribution in [0.3, 0.4) is 0 Å². The standard InChI is InChI=1S/C12H14BrNOS/c1-8-11(16)14-12(2,7-15-8)9-4-3-5-10(13)6-9/h3-6,8H,7H2,1-2H3,(H,14,16)/t8-,12-/m0/s1. The van der Waals surface area contributed by atoms with E-state index in [0.29, 0.717) is 6.61 Å². The van der Waals surface area contributed by atoms with Crippen LogP contribution in [-0.4, -0.2) is 17.7 Å². The molecule has 1 fully saturated rings. The molecule has 0 amide bonds. The molecule has 0 saturated carbocycles. The molecule has 4 heteroatoms. The third-order valence-electron chi connectivity index (χ3n) is 2.85. The second-order valence-corrected chi connectivity index (χ2v) is 5.64. The summed E-state index contributed by atoms with van der Waals surface area (Å²) >= 11 is 8.74. The molecular formula is C12H14BrNOS. The molecule has 1 aliphatic heterocycles. The first-order chi connectivity index (χ1) is 7.51. The van der Waals surface area contributed by atoms with Gasteiger partial charge in [0.2, 0.25) is 0 Å². The van der Waals surface area contributed by atoms with E-state index >= 15 is 0 Å². The average Bonchev–Trinajstić information content (AvgIpc) is 2.24. The third-order valence-corrected chi connectivity index (χ3v) is 3.78. The highest BCUT2D eigenvalue weighted by Crippen LogP contribution is 2.27. The maximum atomic E-state index is 5.68. The van der Waals surface area contributed by atoms with Crippen molar-refractivity contribution in [3.8, 4) is 0 Å². The second kappa shape index (κ2) is 4.43. The number of thiocarbonyl (C=S) groups is 1. The molecule has 1 aromatic carbocycles. The Morgan fingerprint density at radius 1 is 1.56 bits per heavy atom. The summed E-state index contributed by atoms with van der Waals surface area (Å²) in [5.74, 6) is 0. The lowest BCUT2D eigenvalue weighted by molar-refractivity contribution is 0.0391. The van der Waals surface area contributed by atoms with E-state index in [4.69, 9.17) is 17.0 Å². The van der Waals surface area contributed by atoms with E-state index in [1.807, 2.05) is 19.1 Å². The van der Waals surface area contributed by atoms with Gasteiger partial charge in [0.05, 0.1) is 12.1 Å². The molecule has 1 N–H and O–H groups in total. The van der Waals surface area contributed by atoms with Gasteiger partial charge in [-0.25, -0.2) is 0 Å². The first-order valence-electron chi connectivity index (χ1n) is 5.21. The Morgan fingerprint density at radius 2 is 2.31 bits per heavy atom. The number of morpholine rings is 1. The molecule has 0 bridgehead atoms. The molecule has 1 aliphatic rings. The normalized spacial score (nSPS) is 29.9. The number of benzene rings is 1. The number of ether oxygens (including phenoxy) is 1. The molecule has 1 saturated heterocycles. The van der Waals surface area contributed by atoms with Gasteiger partial charge in [0.1, 0.15) is 11.1 Å². The first kappa shape index (κ1) is 12.0. The van der Waals surface area contributed by atoms with Crippen molar-refractivity contribution >= 4 is 33.1 Å². The number of nitrogens with one attached hydrogen (secondary N) is 1. The van der Waals surface area contributed by atoms with Crippen LogP contribution in [0, 0.1) is 0 Å². The molecule has 1 heterocycles. The van der Waals surface area contributed by atoms with Crippen molar-refractivity contribution in [1.82, 2.24) is 5.32 Å². The smallest absolute Gasteiger partial charge is 0.105 e. The molecule has 1 aromatic rings. The Labute approximate surface area is 110 Å². The summed E-state index contributed by atoms with van der Waals surface area (Å²) in [6, 6.07) is 8.21. The van der Waals surface area contributed by atoms with Crippen LogP contribution < -0.4 is 5.32 Å². The lowest BCUT2D eigenvalue weighted by atomic mass is 9.91. The maximum Gasteiger partial charge on any atom is 0.105 e. The SMILES string of the molecule is C[C@@H]1OC[C@@](C)(c2cccc(Br)c2)NC1=S. The molecule has 0 unspecified atom stereocenters. The fraction of sp³-hybridized carbons (Fsp3) is 0.417. The van der Waals surface area contributed by atoms with Crippen LogP contribution in [0.5, 0.6) is 0 Å². The van der Waals surface area contributed by atoms with Crippen molar-refractivity contribution in [2.75, 3.05) is 6.61 Å². The van der Waals surface area contributed by atoms with Crippen LogP contribution in [0.4, 0.5) is 0 Å². The number of hydrogen-bond acceptors (Lipinski definition) is 2. The largest absolute Gasteiger partial charge is 0.369 e. The summed E-state index contributed by atoms with van der Waals surface area (Å²) in [6.45, 7) is 4.70. The molecule has 2 atom stereocenters. The fourth-order valence-electron chi connectivity index (χ4n) is 1.76. The highest BCUT2D eigenvalue weighted by Gasteiger charge is 2.34. The highest BCUT2D eigenvalue weighted by atomic mass is 79.9. The molecule has 0 radical (unpaired) electrons. The zero-order valence-corrected chi connectivity index (χ0v) is 11.7. The van der Waals surface area contributed by atoms with Crippen molar-refractivity contribution in [3.05, 3.63) is 34.3 Å². The summed E-state index contributed by atoms with van der Waals surface area (Å²) in [4.78, 5) is 0.772. The molecule has 0 spiro atoms. The minimum atomic E-state index is -0.229. The van der Waals surface area contributed by atoms with Gasteiger partial charge in [-0.15, -0.1) is 0 Å². The molecule has 2 nitrogen and oxygen atoms in total. The van der Waals surface area contributed by atoms with Crippen molar-refractivity contribution < 1.29 is 4.74 Å². The first-order valence-corrected chi connectivity index (χ1v) is 6.41. The van der Waals surface area contributed by atoms with Crippen molar-refractivity contribution in [2.24, 2.45) is 0 Å². The Bertz CT molecular complexity index is 423. The van der Waals surface area contributed by atoms with Crippen LogP contribution in [0.25, 0.3) is 0 Å². The Hall–Kier alpha value is -0.450. The van der Waals surface area contributed by atoms with Crippen LogP contribution >= 0.6 is 28.1 Å². The zero-order valence-electron chi connectivity index (χ0n) is 9.29. The van der Waals surface area contributed by atoms with Crippen LogP contribution in [0.15, 0.2) is 28.7 Å². The number of rotatable bonds is 1. The Kier molecular flexibility index (Phi) is 3.33. The monoisotopic (exact) mass is 299 g/mol. The lowest BCUT2D eigenvalue weighted by Crippen LogP contribution is -2.55. The minimum absolute atomic E-state index is 0.00947.